The summed E-state index contributed by atoms with van der Waals surface area (Å²) in [6.07, 6.45) is 1.96. The van der Waals surface area contributed by atoms with Gasteiger partial charge in [-0.1, -0.05) is 25.0 Å². The third kappa shape index (κ3) is 3.71. The van der Waals surface area contributed by atoms with E-state index in [2.05, 4.69) is 0 Å². The van der Waals surface area contributed by atoms with Crippen molar-refractivity contribution in [1.82, 2.24) is 0 Å². The number of Topliss-reactive ketones (excluding diaryl/α,β-unsaturated/α-hetero) is 1. The molecule has 0 heterocycles. The van der Waals surface area contributed by atoms with Crippen LogP contribution in [0.25, 0.3) is 0 Å². The molecule has 5 heteroatoms. The van der Waals surface area contributed by atoms with Crippen molar-refractivity contribution in [1.29, 1.82) is 0 Å². The Morgan fingerprint density at radius 1 is 1.05 bits per heavy atom. The number of ketones is 1. The zero-order valence-electron chi connectivity index (χ0n) is 11.5. The molecule has 0 amide bonds. The van der Waals surface area contributed by atoms with Crippen LogP contribution in [0.5, 0.6) is 0 Å². The highest BCUT2D eigenvalue weighted by Crippen LogP contribution is 2.33. The number of carbonyl (C=O) groups is 1. The van der Waals surface area contributed by atoms with Gasteiger partial charge >= 0.3 is 6.18 Å². The second-order valence-electron chi connectivity index (χ2n) is 5.18. The van der Waals surface area contributed by atoms with Gasteiger partial charge in [0.15, 0.2) is 5.78 Å². The Balaban J connectivity index is 2.35. The molecule has 1 aliphatic rings. The summed E-state index contributed by atoms with van der Waals surface area (Å²) in [7, 11) is 0. The summed E-state index contributed by atoms with van der Waals surface area (Å²) in [4.78, 5) is 12.3. The van der Waals surface area contributed by atoms with Crippen LogP contribution in [0, 0.1) is 5.82 Å². The zero-order chi connectivity index (χ0) is 15.5. The van der Waals surface area contributed by atoms with E-state index < -0.39 is 28.9 Å². The molecule has 21 heavy (non-hydrogen) atoms. The van der Waals surface area contributed by atoms with Crippen molar-refractivity contribution >= 4 is 5.78 Å². The van der Waals surface area contributed by atoms with Crippen molar-refractivity contribution in [3.05, 3.63) is 46.8 Å². The molecule has 2 rings (SSSR count). The van der Waals surface area contributed by atoms with Crippen LogP contribution < -0.4 is 0 Å². The number of benzene rings is 1. The van der Waals surface area contributed by atoms with E-state index in [4.69, 9.17) is 0 Å². The maximum absolute atomic E-state index is 14.0. The van der Waals surface area contributed by atoms with Crippen LogP contribution >= 0.6 is 0 Å². The summed E-state index contributed by atoms with van der Waals surface area (Å²) in [5, 5.41) is 0. The van der Waals surface area contributed by atoms with Crippen molar-refractivity contribution in [2.24, 2.45) is 0 Å². The molecule has 0 N–H and O–H groups in total. The summed E-state index contributed by atoms with van der Waals surface area (Å²) in [6, 6.07) is 2.84. The smallest absolute Gasteiger partial charge is 0.289 e. The minimum Gasteiger partial charge on any atom is -0.289 e. The predicted octanol–water partition coefficient (Wildman–Crippen LogP) is 5.31. The van der Waals surface area contributed by atoms with Gasteiger partial charge in [-0.3, -0.25) is 4.79 Å². The first kappa shape index (κ1) is 15.7. The van der Waals surface area contributed by atoms with E-state index in [1.807, 2.05) is 0 Å². The summed E-state index contributed by atoms with van der Waals surface area (Å²) in [6.45, 7) is 0. The first-order chi connectivity index (χ1) is 9.91. The molecule has 1 aromatic rings. The minimum absolute atomic E-state index is 0.424. The van der Waals surface area contributed by atoms with E-state index in [-0.39, 0.29) is 0 Å². The van der Waals surface area contributed by atoms with Crippen LogP contribution in [-0.2, 0) is 6.18 Å². The van der Waals surface area contributed by atoms with E-state index >= 15 is 0 Å². The molecule has 0 unspecified atom stereocenters. The number of hydrogen-bond donors (Lipinski definition) is 0. The molecule has 1 aliphatic carbocycles. The average Bonchev–Trinajstić information content (AvgIpc) is 2.36. The number of halogens is 4. The number of hydrogen-bond acceptors (Lipinski definition) is 1. The van der Waals surface area contributed by atoms with E-state index in [1.54, 1.807) is 6.08 Å². The van der Waals surface area contributed by atoms with Gasteiger partial charge in [0.1, 0.15) is 5.82 Å². The van der Waals surface area contributed by atoms with Crippen molar-refractivity contribution in [3.8, 4) is 0 Å². The Morgan fingerprint density at radius 3 is 2.48 bits per heavy atom. The number of carbonyl (C=O) groups excluding carboxylic acids is 1. The summed E-state index contributed by atoms with van der Waals surface area (Å²) >= 11 is 0. The fourth-order valence-corrected chi connectivity index (χ4v) is 2.50. The molecule has 0 fully saturated rings. The molecule has 0 atom stereocenters. The lowest BCUT2D eigenvalue weighted by atomic mass is 9.93. The van der Waals surface area contributed by atoms with Crippen LogP contribution in [0.3, 0.4) is 0 Å². The maximum Gasteiger partial charge on any atom is 0.419 e. The summed E-state index contributed by atoms with van der Waals surface area (Å²) in [5.74, 6) is -2.10. The first-order valence-corrected chi connectivity index (χ1v) is 7.00. The predicted molar refractivity (Wildman–Crippen MR) is 71.5 cm³/mol. The van der Waals surface area contributed by atoms with Gasteiger partial charge in [0.25, 0.3) is 0 Å². The Kier molecular flexibility index (Phi) is 4.80. The summed E-state index contributed by atoms with van der Waals surface area (Å²) < 4.78 is 52.0. The lowest BCUT2D eigenvalue weighted by Gasteiger charge is -2.13. The van der Waals surface area contributed by atoms with Crippen LogP contribution in [-0.4, -0.2) is 5.78 Å². The van der Waals surface area contributed by atoms with Gasteiger partial charge in [0.05, 0.1) is 11.1 Å². The minimum atomic E-state index is -4.80. The van der Waals surface area contributed by atoms with E-state index in [9.17, 15) is 22.4 Å². The number of allylic oxidation sites excluding steroid dienone is 2. The lowest BCUT2D eigenvalue weighted by molar-refractivity contribution is -0.140. The van der Waals surface area contributed by atoms with Crippen LogP contribution in [0.1, 0.15) is 54.4 Å². The Labute approximate surface area is 120 Å². The van der Waals surface area contributed by atoms with Crippen molar-refractivity contribution in [3.63, 3.8) is 0 Å². The second-order valence-corrected chi connectivity index (χ2v) is 5.18. The normalized spacial score (nSPS) is 19.3. The lowest BCUT2D eigenvalue weighted by Crippen LogP contribution is -2.14. The molecule has 0 bridgehead atoms. The third-order valence-electron chi connectivity index (χ3n) is 3.63. The highest BCUT2D eigenvalue weighted by molar-refractivity contribution is 6.09. The first-order valence-electron chi connectivity index (χ1n) is 7.00. The fraction of sp³-hybridized carbons (Fsp3) is 0.438. The van der Waals surface area contributed by atoms with Crippen LogP contribution in [0.4, 0.5) is 17.6 Å². The zero-order valence-corrected chi connectivity index (χ0v) is 11.5. The number of rotatable bonds is 2. The number of alkyl halides is 3. The Morgan fingerprint density at radius 2 is 1.76 bits per heavy atom. The van der Waals surface area contributed by atoms with E-state index in [1.165, 1.54) is 0 Å². The summed E-state index contributed by atoms with van der Waals surface area (Å²) in [5.41, 5.74) is -1.45. The van der Waals surface area contributed by atoms with Crippen LogP contribution in [0.2, 0.25) is 0 Å². The molecule has 0 saturated heterocycles. The Bertz CT molecular complexity index is 558. The van der Waals surface area contributed by atoms with Gasteiger partial charge in [-0.15, -0.1) is 0 Å². The quantitative estimate of drug-likeness (QED) is 0.534. The maximum atomic E-state index is 14.0. The molecular formula is C16H16F4O. The standard InChI is InChI=1S/C16H16F4O/c17-14-12(9-6-10-13(14)16(18,19)20)15(21)11-7-4-2-1-3-5-8-11/h6-7,9-10H,1-5,8H2/b11-7+. The van der Waals surface area contributed by atoms with Crippen LogP contribution in [0.15, 0.2) is 29.8 Å². The molecule has 0 radical (unpaired) electrons. The van der Waals surface area contributed by atoms with Gasteiger partial charge in [0, 0.05) is 0 Å². The molecular weight excluding hydrogens is 284 g/mol. The fourth-order valence-electron chi connectivity index (χ4n) is 2.50. The topological polar surface area (TPSA) is 17.1 Å². The monoisotopic (exact) mass is 300 g/mol. The van der Waals surface area contributed by atoms with Crippen molar-refractivity contribution in [2.45, 2.75) is 44.7 Å². The van der Waals surface area contributed by atoms with Crippen molar-refractivity contribution in [2.75, 3.05) is 0 Å². The van der Waals surface area contributed by atoms with Gasteiger partial charge in [0.2, 0.25) is 0 Å². The van der Waals surface area contributed by atoms with Gasteiger partial charge in [-0.05, 0) is 43.4 Å². The molecule has 1 aromatic carbocycles. The second kappa shape index (κ2) is 6.41. The highest BCUT2D eigenvalue weighted by atomic mass is 19.4. The molecule has 0 aromatic heterocycles. The molecule has 0 saturated carbocycles. The van der Waals surface area contributed by atoms with E-state index in [0.29, 0.717) is 24.5 Å². The average molecular weight is 300 g/mol. The third-order valence-corrected chi connectivity index (χ3v) is 3.63. The molecule has 0 spiro atoms. The largest absolute Gasteiger partial charge is 0.419 e. The molecule has 1 nitrogen and oxygen atoms in total. The Hall–Kier alpha value is -1.65. The SMILES string of the molecule is O=C(/C1=C/CCCCCC1)c1cccc(C(F)(F)F)c1F. The molecule has 0 aliphatic heterocycles. The van der Waals surface area contributed by atoms with Crippen molar-refractivity contribution < 1.29 is 22.4 Å². The van der Waals surface area contributed by atoms with Gasteiger partial charge in [-0.25, -0.2) is 4.39 Å². The molecule has 114 valence electrons. The van der Waals surface area contributed by atoms with E-state index in [0.717, 1.165) is 37.8 Å². The van der Waals surface area contributed by atoms with Gasteiger partial charge < -0.3 is 0 Å². The highest BCUT2D eigenvalue weighted by Gasteiger charge is 2.35. The van der Waals surface area contributed by atoms with Gasteiger partial charge in [-0.2, -0.15) is 13.2 Å².